The molecule has 26 heavy (non-hydrogen) atoms. The third kappa shape index (κ3) is 3.89. The van der Waals surface area contributed by atoms with Gasteiger partial charge in [0.25, 0.3) is 0 Å². The lowest BCUT2D eigenvalue weighted by molar-refractivity contribution is 0.305. The van der Waals surface area contributed by atoms with E-state index in [1.165, 1.54) is 0 Å². The van der Waals surface area contributed by atoms with E-state index in [-0.39, 0.29) is 0 Å². The Bertz CT molecular complexity index is 935. The van der Waals surface area contributed by atoms with E-state index in [1.54, 1.807) is 18.6 Å². The van der Waals surface area contributed by atoms with Crippen molar-refractivity contribution in [2.45, 2.75) is 6.61 Å². The first kappa shape index (κ1) is 15.9. The molecule has 2 aromatic carbocycles. The number of pyridine rings is 1. The summed E-state index contributed by atoms with van der Waals surface area (Å²) in [5.41, 5.74) is 3.07. The van der Waals surface area contributed by atoms with Gasteiger partial charge in [-0.25, -0.2) is 0 Å². The summed E-state index contributed by atoms with van der Waals surface area (Å²) in [7, 11) is 0. The molecular formula is C21H17N3O2. The molecular weight excluding hydrogens is 326 g/mol. The van der Waals surface area contributed by atoms with Crippen LogP contribution in [0.4, 0.5) is 0 Å². The number of benzene rings is 2. The lowest BCUT2D eigenvalue weighted by Crippen LogP contribution is -1.95. The summed E-state index contributed by atoms with van der Waals surface area (Å²) in [5, 5.41) is 6.90. The quantitative estimate of drug-likeness (QED) is 0.544. The van der Waals surface area contributed by atoms with E-state index in [9.17, 15) is 0 Å². The standard InChI is InChI=1S/C21H17N3O2/c1-2-16(14-22-12-1)15-25-18-7-9-20(10-8-18)26-19-5-3-17(4-6-19)21-11-13-23-24-21/h1-14H,15H2,(H,23,24). The lowest BCUT2D eigenvalue weighted by atomic mass is 10.1. The number of ether oxygens (including phenoxy) is 2. The number of aromatic amines is 1. The first-order chi connectivity index (χ1) is 12.9. The minimum absolute atomic E-state index is 0.489. The van der Waals surface area contributed by atoms with E-state index in [1.807, 2.05) is 66.7 Å². The molecule has 0 atom stereocenters. The van der Waals surface area contributed by atoms with Crippen LogP contribution in [0.2, 0.25) is 0 Å². The molecule has 4 rings (SSSR count). The first-order valence-corrected chi connectivity index (χ1v) is 8.26. The van der Waals surface area contributed by atoms with Crippen molar-refractivity contribution < 1.29 is 9.47 Å². The van der Waals surface area contributed by atoms with Crippen LogP contribution in [0.5, 0.6) is 17.2 Å². The number of hydrogen-bond donors (Lipinski definition) is 1. The Morgan fingerprint density at radius 3 is 2.15 bits per heavy atom. The maximum absolute atomic E-state index is 5.88. The summed E-state index contributed by atoms with van der Waals surface area (Å²) in [6, 6.07) is 21.2. The molecule has 5 heteroatoms. The Morgan fingerprint density at radius 1 is 0.769 bits per heavy atom. The molecule has 0 fully saturated rings. The van der Waals surface area contributed by atoms with Gasteiger partial charge in [-0.3, -0.25) is 10.1 Å². The van der Waals surface area contributed by atoms with E-state index in [0.29, 0.717) is 6.61 Å². The molecule has 128 valence electrons. The van der Waals surface area contributed by atoms with Gasteiger partial charge in [-0.15, -0.1) is 0 Å². The molecule has 0 bridgehead atoms. The van der Waals surface area contributed by atoms with Crippen molar-refractivity contribution in [2.75, 3.05) is 0 Å². The van der Waals surface area contributed by atoms with Gasteiger partial charge in [-0.2, -0.15) is 5.10 Å². The third-order valence-electron chi connectivity index (χ3n) is 3.85. The molecule has 2 aromatic heterocycles. The molecule has 0 radical (unpaired) electrons. The molecule has 0 unspecified atom stereocenters. The fourth-order valence-corrected chi connectivity index (χ4v) is 2.51. The van der Waals surface area contributed by atoms with Gasteiger partial charge in [-0.05, 0) is 66.2 Å². The zero-order valence-corrected chi connectivity index (χ0v) is 14.0. The first-order valence-electron chi connectivity index (χ1n) is 8.26. The van der Waals surface area contributed by atoms with E-state index in [4.69, 9.17) is 9.47 Å². The predicted octanol–water partition coefficient (Wildman–Crippen LogP) is 4.84. The van der Waals surface area contributed by atoms with Crippen molar-refractivity contribution in [3.8, 4) is 28.5 Å². The number of rotatable bonds is 6. The van der Waals surface area contributed by atoms with E-state index >= 15 is 0 Å². The minimum Gasteiger partial charge on any atom is -0.489 e. The SMILES string of the molecule is c1cncc(COc2ccc(Oc3ccc(-c4ccn[nH]4)cc3)cc2)c1. The van der Waals surface area contributed by atoms with Gasteiger partial charge < -0.3 is 9.47 Å². The van der Waals surface area contributed by atoms with Crippen molar-refractivity contribution >= 4 is 0 Å². The van der Waals surface area contributed by atoms with Crippen LogP contribution >= 0.6 is 0 Å². The average molecular weight is 343 g/mol. The number of nitrogens with one attached hydrogen (secondary N) is 1. The normalized spacial score (nSPS) is 10.5. The Hall–Kier alpha value is -3.60. The lowest BCUT2D eigenvalue weighted by Gasteiger charge is -2.09. The summed E-state index contributed by atoms with van der Waals surface area (Å²) < 4.78 is 11.6. The fourth-order valence-electron chi connectivity index (χ4n) is 2.51. The van der Waals surface area contributed by atoms with Crippen LogP contribution in [-0.4, -0.2) is 15.2 Å². The Balaban J connectivity index is 1.36. The van der Waals surface area contributed by atoms with Crippen LogP contribution in [0.1, 0.15) is 5.56 Å². The highest BCUT2D eigenvalue weighted by Crippen LogP contribution is 2.26. The van der Waals surface area contributed by atoms with Crippen LogP contribution in [-0.2, 0) is 6.61 Å². The van der Waals surface area contributed by atoms with Crippen LogP contribution in [0.3, 0.4) is 0 Å². The molecule has 0 spiro atoms. The van der Waals surface area contributed by atoms with Crippen molar-refractivity contribution in [1.82, 2.24) is 15.2 Å². The summed E-state index contributed by atoms with van der Waals surface area (Å²) in [5.74, 6) is 2.32. The molecule has 1 N–H and O–H groups in total. The summed E-state index contributed by atoms with van der Waals surface area (Å²) >= 11 is 0. The van der Waals surface area contributed by atoms with Gasteiger partial charge in [0.15, 0.2) is 0 Å². The molecule has 0 saturated heterocycles. The maximum Gasteiger partial charge on any atom is 0.127 e. The Morgan fingerprint density at radius 2 is 1.50 bits per heavy atom. The van der Waals surface area contributed by atoms with Gasteiger partial charge in [-0.1, -0.05) is 6.07 Å². The van der Waals surface area contributed by atoms with E-state index in [2.05, 4.69) is 15.2 Å². The Labute approximate surface area is 151 Å². The number of nitrogens with zero attached hydrogens (tertiary/aromatic N) is 2. The average Bonchev–Trinajstić information content (AvgIpc) is 3.24. The highest BCUT2D eigenvalue weighted by atomic mass is 16.5. The second kappa shape index (κ2) is 7.53. The number of hydrogen-bond acceptors (Lipinski definition) is 4. The van der Waals surface area contributed by atoms with Gasteiger partial charge in [0, 0.05) is 24.2 Å². The second-order valence-corrected chi connectivity index (χ2v) is 5.72. The third-order valence-corrected chi connectivity index (χ3v) is 3.85. The Kier molecular flexibility index (Phi) is 4.60. The van der Waals surface area contributed by atoms with Gasteiger partial charge in [0.05, 0.1) is 5.69 Å². The summed E-state index contributed by atoms with van der Waals surface area (Å²) in [6.45, 7) is 0.489. The zero-order chi connectivity index (χ0) is 17.6. The molecule has 4 aromatic rings. The van der Waals surface area contributed by atoms with Crippen molar-refractivity contribution in [2.24, 2.45) is 0 Å². The molecule has 0 saturated carbocycles. The van der Waals surface area contributed by atoms with Gasteiger partial charge >= 0.3 is 0 Å². The van der Waals surface area contributed by atoms with Crippen LogP contribution in [0, 0.1) is 0 Å². The monoisotopic (exact) mass is 343 g/mol. The molecule has 0 aliphatic carbocycles. The molecule has 0 aliphatic rings. The molecule has 0 aliphatic heterocycles. The molecule has 0 amide bonds. The predicted molar refractivity (Wildman–Crippen MR) is 99.1 cm³/mol. The number of H-pyrrole nitrogens is 1. The van der Waals surface area contributed by atoms with Crippen LogP contribution in [0.15, 0.2) is 85.3 Å². The molecule has 2 heterocycles. The molecule has 5 nitrogen and oxygen atoms in total. The van der Waals surface area contributed by atoms with Crippen LogP contribution in [0.25, 0.3) is 11.3 Å². The minimum atomic E-state index is 0.489. The highest BCUT2D eigenvalue weighted by Gasteiger charge is 2.02. The summed E-state index contributed by atoms with van der Waals surface area (Å²) in [6.07, 6.45) is 5.28. The zero-order valence-electron chi connectivity index (χ0n) is 14.0. The van der Waals surface area contributed by atoms with Crippen molar-refractivity contribution in [3.63, 3.8) is 0 Å². The second-order valence-electron chi connectivity index (χ2n) is 5.72. The topological polar surface area (TPSA) is 60.0 Å². The van der Waals surface area contributed by atoms with Gasteiger partial charge in [0.1, 0.15) is 23.9 Å². The fraction of sp³-hybridized carbons (Fsp3) is 0.0476. The highest BCUT2D eigenvalue weighted by molar-refractivity contribution is 5.59. The maximum atomic E-state index is 5.88. The number of aromatic nitrogens is 3. The van der Waals surface area contributed by atoms with Crippen molar-refractivity contribution in [3.05, 3.63) is 90.9 Å². The van der Waals surface area contributed by atoms with Gasteiger partial charge in [0.2, 0.25) is 0 Å². The van der Waals surface area contributed by atoms with Crippen LogP contribution < -0.4 is 9.47 Å². The van der Waals surface area contributed by atoms with E-state index < -0.39 is 0 Å². The van der Waals surface area contributed by atoms with Crippen molar-refractivity contribution in [1.29, 1.82) is 0 Å². The largest absolute Gasteiger partial charge is 0.489 e. The summed E-state index contributed by atoms with van der Waals surface area (Å²) in [4.78, 5) is 4.07. The van der Waals surface area contributed by atoms with E-state index in [0.717, 1.165) is 34.1 Å². The smallest absolute Gasteiger partial charge is 0.127 e.